The molecular formula is C20H11ClF4N2O2. The number of hydrogen-bond donors (Lipinski definition) is 1. The Hall–Kier alpha value is -3.13. The number of ether oxygens (including phenoxy) is 1. The van der Waals surface area contributed by atoms with Crippen LogP contribution in [0.4, 0.5) is 23.4 Å². The van der Waals surface area contributed by atoms with Crippen LogP contribution < -0.4 is 10.1 Å². The van der Waals surface area contributed by atoms with Crippen molar-refractivity contribution in [1.29, 1.82) is 0 Å². The van der Waals surface area contributed by atoms with Gasteiger partial charge in [-0.15, -0.1) is 0 Å². The van der Waals surface area contributed by atoms with Crippen LogP contribution in [0.5, 0.6) is 5.75 Å². The summed E-state index contributed by atoms with van der Waals surface area (Å²) in [7, 11) is 0. The second-order valence-corrected chi connectivity index (χ2v) is 6.75. The lowest BCUT2D eigenvalue weighted by Crippen LogP contribution is -2.20. The van der Waals surface area contributed by atoms with Crippen LogP contribution >= 0.6 is 11.6 Å². The minimum atomic E-state index is -3.28. The van der Waals surface area contributed by atoms with Gasteiger partial charge in [-0.2, -0.15) is 8.78 Å². The summed E-state index contributed by atoms with van der Waals surface area (Å²) in [5.41, 5.74) is 0.545. The van der Waals surface area contributed by atoms with E-state index in [1.807, 2.05) is 0 Å². The van der Waals surface area contributed by atoms with Crippen LogP contribution in [-0.4, -0.2) is 17.0 Å². The van der Waals surface area contributed by atoms with Crippen molar-refractivity contribution in [3.05, 3.63) is 76.4 Å². The van der Waals surface area contributed by atoms with E-state index in [-0.39, 0.29) is 16.6 Å². The smallest absolute Gasteiger partial charge is 0.402 e. The number of anilines is 1. The minimum absolute atomic E-state index is 0.0208. The van der Waals surface area contributed by atoms with E-state index in [4.69, 9.17) is 11.6 Å². The number of nitrogens with zero attached hydrogens (tertiary/aromatic N) is 1. The molecule has 148 valence electrons. The van der Waals surface area contributed by atoms with Gasteiger partial charge in [-0.1, -0.05) is 17.7 Å². The first-order chi connectivity index (χ1) is 13.7. The first-order valence-electron chi connectivity index (χ1n) is 8.34. The molecule has 2 heterocycles. The fourth-order valence-electron chi connectivity index (χ4n) is 2.99. The van der Waals surface area contributed by atoms with E-state index in [0.29, 0.717) is 16.7 Å². The SMILES string of the molecule is O=C(Nc1ccc(-c2cc3c(cc2Cl)OC(F)(F)C3)cn1)c1c(F)cccc1F. The van der Waals surface area contributed by atoms with Gasteiger partial charge in [0, 0.05) is 22.9 Å². The average Bonchev–Trinajstić information content (AvgIpc) is 2.94. The Morgan fingerprint density at radius 1 is 1.14 bits per heavy atom. The highest BCUT2D eigenvalue weighted by Crippen LogP contribution is 2.42. The standard InChI is InChI=1S/C20H11ClF4N2O2/c21-13-7-16-11(8-20(24,25)29-16)6-12(13)10-4-5-17(26-9-10)27-19(28)18-14(22)2-1-3-15(18)23/h1-7,9H,8H2,(H,26,27,28). The summed E-state index contributed by atoms with van der Waals surface area (Å²) in [5.74, 6) is -2.91. The summed E-state index contributed by atoms with van der Waals surface area (Å²) in [5, 5.41) is 2.49. The lowest BCUT2D eigenvalue weighted by molar-refractivity contribution is -0.159. The van der Waals surface area contributed by atoms with Gasteiger partial charge in [-0.25, -0.2) is 13.8 Å². The number of carbonyl (C=O) groups excluding carboxylic acids is 1. The Labute approximate surface area is 167 Å². The van der Waals surface area contributed by atoms with Crippen molar-refractivity contribution in [3.8, 4) is 16.9 Å². The van der Waals surface area contributed by atoms with Crippen LogP contribution in [0.1, 0.15) is 15.9 Å². The van der Waals surface area contributed by atoms with Gasteiger partial charge in [0.15, 0.2) is 0 Å². The van der Waals surface area contributed by atoms with E-state index in [1.165, 1.54) is 24.4 Å². The maximum absolute atomic E-state index is 13.7. The number of rotatable bonds is 3. The molecule has 1 aliphatic heterocycles. The van der Waals surface area contributed by atoms with E-state index in [1.54, 1.807) is 6.07 Å². The number of pyridine rings is 1. The average molecular weight is 423 g/mol. The zero-order chi connectivity index (χ0) is 20.8. The van der Waals surface area contributed by atoms with Crippen molar-refractivity contribution in [2.45, 2.75) is 12.5 Å². The van der Waals surface area contributed by atoms with E-state index in [9.17, 15) is 22.4 Å². The van der Waals surface area contributed by atoms with Crippen LogP contribution in [-0.2, 0) is 6.42 Å². The van der Waals surface area contributed by atoms with Gasteiger partial charge in [0.25, 0.3) is 5.91 Å². The number of nitrogens with one attached hydrogen (secondary N) is 1. The zero-order valence-corrected chi connectivity index (χ0v) is 15.2. The molecule has 0 fully saturated rings. The molecule has 4 rings (SSSR count). The Morgan fingerprint density at radius 3 is 2.52 bits per heavy atom. The van der Waals surface area contributed by atoms with Crippen LogP contribution in [0.15, 0.2) is 48.7 Å². The molecule has 29 heavy (non-hydrogen) atoms. The van der Waals surface area contributed by atoms with Crippen LogP contribution in [0, 0.1) is 11.6 Å². The second kappa shape index (κ2) is 7.04. The first-order valence-corrected chi connectivity index (χ1v) is 8.72. The fraction of sp³-hybridized carbons (Fsp3) is 0.100. The predicted molar refractivity (Wildman–Crippen MR) is 98.3 cm³/mol. The molecule has 4 nitrogen and oxygen atoms in total. The summed E-state index contributed by atoms with van der Waals surface area (Å²) in [4.78, 5) is 16.1. The first kappa shape index (κ1) is 19.2. The number of alkyl halides is 2. The molecule has 0 saturated carbocycles. The third kappa shape index (κ3) is 3.75. The molecule has 0 spiro atoms. The van der Waals surface area contributed by atoms with Gasteiger partial charge in [-0.3, -0.25) is 4.79 Å². The molecule has 1 N–H and O–H groups in total. The Bertz CT molecular complexity index is 1100. The third-order valence-electron chi connectivity index (χ3n) is 4.31. The van der Waals surface area contributed by atoms with Gasteiger partial charge in [0.05, 0.1) is 11.4 Å². The number of halogens is 5. The Balaban J connectivity index is 1.57. The van der Waals surface area contributed by atoms with Gasteiger partial charge in [-0.05, 0) is 36.4 Å². The normalized spacial score (nSPS) is 14.2. The molecule has 9 heteroatoms. The monoisotopic (exact) mass is 422 g/mol. The van der Waals surface area contributed by atoms with Crippen LogP contribution in [0.25, 0.3) is 11.1 Å². The maximum atomic E-state index is 13.7. The summed E-state index contributed by atoms with van der Waals surface area (Å²) in [6.45, 7) is 0. The molecule has 2 aromatic carbocycles. The van der Waals surface area contributed by atoms with Crippen LogP contribution in [0.2, 0.25) is 5.02 Å². The molecule has 0 saturated heterocycles. The third-order valence-corrected chi connectivity index (χ3v) is 4.62. The van der Waals surface area contributed by atoms with Crippen LogP contribution in [0.3, 0.4) is 0 Å². The molecule has 0 aliphatic carbocycles. The number of fused-ring (bicyclic) bond motifs is 1. The minimum Gasteiger partial charge on any atom is -0.432 e. The summed E-state index contributed by atoms with van der Waals surface area (Å²) >= 11 is 6.17. The highest BCUT2D eigenvalue weighted by atomic mass is 35.5. The molecule has 0 atom stereocenters. The number of hydrogen-bond acceptors (Lipinski definition) is 3. The maximum Gasteiger partial charge on any atom is 0.402 e. The van der Waals surface area contributed by atoms with Gasteiger partial charge >= 0.3 is 6.11 Å². The topological polar surface area (TPSA) is 51.2 Å². The lowest BCUT2D eigenvalue weighted by atomic mass is 10.0. The van der Waals surface area contributed by atoms with Crippen molar-refractivity contribution in [1.82, 2.24) is 4.98 Å². The van der Waals surface area contributed by atoms with Crippen molar-refractivity contribution in [2.75, 3.05) is 5.32 Å². The second-order valence-electron chi connectivity index (χ2n) is 6.34. The lowest BCUT2D eigenvalue weighted by Gasteiger charge is -2.09. The van der Waals surface area contributed by atoms with E-state index in [2.05, 4.69) is 15.0 Å². The molecule has 0 radical (unpaired) electrons. The number of amides is 1. The van der Waals surface area contributed by atoms with E-state index < -0.39 is 35.6 Å². The molecule has 0 bridgehead atoms. The molecule has 1 amide bonds. The number of aromatic nitrogens is 1. The highest BCUT2D eigenvalue weighted by molar-refractivity contribution is 6.33. The largest absolute Gasteiger partial charge is 0.432 e. The van der Waals surface area contributed by atoms with Gasteiger partial charge in [0.2, 0.25) is 0 Å². The molecule has 1 aromatic heterocycles. The van der Waals surface area contributed by atoms with Crippen molar-refractivity contribution in [2.24, 2.45) is 0 Å². The number of carbonyl (C=O) groups is 1. The van der Waals surface area contributed by atoms with Gasteiger partial charge in [0.1, 0.15) is 28.8 Å². The summed E-state index contributed by atoms with van der Waals surface area (Å²) < 4.78 is 58.7. The quantitative estimate of drug-likeness (QED) is 0.570. The van der Waals surface area contributed by atoms with Gasteiger partial charge < -0.3 is 10.1 Å². The molecule has 0 unspecified atom stereocenters. The van der Waals surface area contributed by atoms with Crippen molar-refractivity contribution in [3.63, 3.8) is 0 Å². The Morgan fingerprint density at radius 2 is 1.86 bits per heavy atom. The van der Waals surface area contributed by atoms with E-state index >= 15 is 0 Å². The highest BCUT2D eigenvalue weighted by Gasteiger charge is 2.40. The molecular weight excluding hydrogens is 412 g/mol. The predicted octanol–water partition coefficient (Wildman–Crippen LogP) is 5.46. The Kier molecular flexibility index (Phi) is 4.66. The fourth-order valence-corrected chi connectivity index (χ4v) is 3.26. The molecule has 3 aromatic rings. The van der Waals surface area contributed by atoms with E-state index in [0.717, 1.165) is 18.2 Å². The van der Waals surface area contributed by atoms with Crippen molar-refractivity contribution < 1.29 is 27.1 Å². The zero-order valence-electron chi connectivity index (χ0n) is 14.5. The summed E-state index contributed by atoms with van der Waals surface area (Å²) in [6, 6.07) is 8.83. The molecule has 1 aliphatic rings. The number of benzene rings is 2. The van der Waals surface area contributed by atoms with Crippen molar-refractivity contribution >= 4 is 23.3 Å². The summed E-state index contributed by atoms with van der Waals surface area (Å²) in [6.07, 6.45) is -2.49.